The van der Waals surface area contributed by atoms with Crippen LogP contribution in [0, 0.1) is 0 Å². The van der Waals surface area contributed by atoms with Crippen LogP contribution in [0.15, 0.2) is 48.5 Å². The molecule has 0 radical (unpaired) electrons. The smallest absolute Gasteiger partial charge is 0.335 e. The van der Waals surface area contributed by atoms with Gasteiger partial charge in [-0.1, -0.05) is 19.1 Å². The van der Waals surface area contributed by atoms with Gasteiger partial charge in [0.25, 0.3) is 0 Å². The summed E-state index contributed by atoms with van der Waals surface area (Å²) in [5.74, 6) is 0.909. The Morgan fingerprint density at radius 2 is 1.70 bits per heavy atom. The monoisotopic (exact) mass is 272 g/mol. The van der Waals surface area contributed by atoms with Crippen molar-refractivity contribution in [3.63, 3.8) is 0 Å². The van der Waals surface area contributed by atoms with Crippen LogP contribution in [0.2, 0.25) is 0 Å². The molecule has 4 heteroatoms. The number of hydrogen-bond acceptors (Lipinski definition) is 3. The van der Waals surface area contributed by atoms with E-state index in [1.54, 1.807) is 12.1 Å². The predicted molar refractivity (Wildman–Crippen MR) is 75.7 cm³/mol. The van der Waals surface area contributed by atoms with Gasteiger partial charge in [0, 0.05) is 0 Å². The van der Waals surface area contributed by atoms with E-state index in [2.05, 4.69) is 0 Å². The first-order valence-corrected chi connectivity index (χ1v) is 6.43. The summed E-state index contributed by atoms with van der Waals surface area (Å²) in [6.45, 7) is 2.66. The zero-order valence-corrected chi connectivity index (χ0v) is 11.2. The van der Waals surface area contributed by atoms with Gasteiger partial charge >= 0.3 is 5.97 Å². The SMILES string of the molecule is CCCOc1ccccc1Oc1ccc(C(=O)O)cc1. The Balaban J connectivity index is 2.14. The molecule has 2 rings (SSSR count). The van der Waals surface area contributed by atoms with E-state index in [0.717, 1.165) is 6.42 Å². The summed E-state index contributed by atoms with van der Waals surface area (Å²) in [5, 5.41) is 8.85. The number of benzene rings is 2. The number of carboxylic acids is 1. The van der Waals surface area contributed by atoms with Gasteiger partial charge < -0.3 is 14.6 Å². The zero-order valence-electron chi connectivity index (χ0n) is 11.2. The highest BCUT2D eigenvalue weighted by molar-refractivity contribution is 5.87. The van der Waals surface area contributed by atoms with Gasteiger partial charge in [-0.15, -0.1) is 0 Å². The number of carbonyl (C=O) groups is 1. The average molecular weight is 272 g/mol. The molecule has 0 amide bonds. The first-order chi connectivity index (χ1) is 9.70. The second kappa shape index (κ2) is 6.61. The van der Waals surface area contributed by atoms with Gasteiger partial charge in [0.15, 0.2) is 11.5 Å². The highest BCUT2D eigenvalue weighted by Crippen LogP contribution is 2.31. The number of para-hydroxylation sites is 2. The number of hydrogen-bond donors (Lipinski definition) is 1. The lowest BCUT2D eigenvalue weighted by Gasteiger charge is -2.11. The molecule has 20 heavy (non-hydrogen) atoms. The molecule has 0 heterocycles. The van der Waals surface area contributed by atoms with Crippen molar-refractivity contribution in [2.24, 2.45) is 0 Å². The minimum Gasteiger partial charge on any atom is -0.490 e. The summed E-state index contributed by atoms with van der Waals surface area (Å²) in [6.07, 6.45) is 0.918. The molecule has 0 aliphatic rings. The van der Waals surface area contributed by atoms with Gasteiger partial charge in [-0.3, -0.25) is 0 Å². The van der Waals surface area contributed by atoms with Crippen molar-refractivity contribution in [2.45, 2.75) is 13.3 Å². The van der Waals surface area contributed by atoms with Crippen LogP contribution in [-0.2, 0) is 0 Å². The van der Waals surface area contributed by atoms with Crippen LogP contribution in [-0.4, -0.2) is 17.7 Å². The van der Waals surface area contributed by atoms with Crippen molar-refractivity contribution < 1.29 is 19.4 Å². The van der Waals surface area contributed by atoms with Crippen LogP contribution >= 0.6 is 0 Å². The fourth-order valence-electron chi connectivity index (χ4n) is 1.66. The largest absolute Gasteiger partial charge is 0.490 e. The van der Waals surface area contributed by atoms with Crippen LogP contribution in [0.1, 0.15) is 23.7 Å². The molecule has 0 bridgehead atoms. The number of rotatable bonds is 6. The standard InChI is InChI=1S/C16H16O4/c1-2-11-19-14-5-3-4-6-15(14)20-13-9-7-12(8-10-13)16(17)18/h3-10H,2,11H2,1H3,(H,17,18). The van der Waals surface area contributed by atoms with Crippen molar-refractivity contribution in [1.29, 1.82) is 0 Å². The van der Waals surface area contributed by atoms with E-state index in [9.17, 15) is 4.79 Å². The number of ether oxygens (including phenoxy) is 2. The Hall–Kier alpha value is -2.49. The molecule has 2 aromatic carbocycles. The molecule has 0 saturated heterocycles. The molecule has 0 aliphatic carbocycles. The Morgan fingerprint density at radius 3 is 2.30 bits per heavy atom. The maximum Gasteiger partial charge on any atom is 0.335 e. The van der Waals surface area contributed by atoms with E-state index in [0.29, 0.717) is 23.9 Å². The number of carboxylic acid groups (broad SMARTS) is 1. The van der Waals surface area contributed by atoms with Crippen LogP contribution in [0.4, 0.5) is 0 Å². The molecule has 0 aromatic heterocycles. The predicted octanol–water partition coefficient (Wildman–Crippen LogP) is 3.97. The quantitative estimate of drug-likeness (QED) is 0.864. The van der Waals surface area contributed by atoms with Gasteiger partial charge in [-0.05, 0) is 42.8 Å². The third kappa shape index (κ3) is 3.51. The molecular formula is C16H16O4. The molecular weight excluding hydrogens is 256 g/mol. The van der Waals surface area contributed by atoms with E-state index >= 15 is 0 Å². The summed E-state index contributed by atoms with van der Waals surface area (Å²) in [6, 6.07) is 13.7. The molecule has 4 nitrogen and oxygen atoms in total. The van der Waals surface area contributed by atoms with Gasteiger partial charge in [0.2, 0.25) is 0 Å². The molecule has 0 saturated carbocycles. The minimum absolute atomic E-state index is 0.230. The maximum absolute atomic E-state index is 10.8. The summed E-state index contributed by atoms with van der Waals surface area (Å²) in [7, 11) is 0. The molecule has 0 spiro atoms. The second-order valence-electron chi connectivity index (χ2n) is 4.23. The van der Waals surface area contributed by atoms with E-state index in [1.165, 1.54) is 12.1 Å². The first-order valence-electron chi connectivity index (χ1n) is 6.43. The maximum atomic E-state index is 10.8. The highest BCUT2D eigenvalue weighted by atomic mass is 16.5. The molecule has 0 fully saturated rings. The van der Waals surface area contributed by atoms with E-state index < -0.39 is 5.97 Å². The lowest BCUT2D eigenvalue weighted by Crippen LogP contribution is -1.98. The second-order valence-corrected chi connectivity index (χ2v) is 4.23. The van der Waals surface area contributed by atoms with Crippen LogP contribution in [0.5, 0.6) is 17.2 Å². The van der Waals surface area contributed by atoms with Crippen LogP contribution in [0.3, 0.4) is 0 Å². The van der Waals surface area contributed by atoms with E-state index in [1.807, 2.05) is 31.2 Å². The van der Waals surface area contributed by atoms with Gasteiger partial charge in [-0.2, -0.15) is 0 Å². The third-order valence-corrected chi connectivity index (χ3v) is 2.64. The molecule has 0 aliphatic heterocycles. The molecule has 0 unspecified atom stereocenters. The van der Waals surface area contributed by atoms with E-state index in [4.69, 9.17) is 14.6 Å². The Morgan fingerprint density at radius 1 is 1.05 bits per heavy atom. The Bertz CT molecular complexity index is 575. The number of aromatic carboxylic acids is 1. The van der Waals surface area contributed by atoms with Crippen molar-refractivity contribution >= 4 is 5.97 Å². The minimum atomic E-state index is -0.955. The lowest BCUT2D eigenvalue weighted by atomic mass is 10.2. The average Bonchev–Trinajstić information content (AvgIpc) is 2.47. The molecule has 0 atom stereocenters. The van der Waals surface area contributed by atoms with Crippen molar-refractivity contribution in [1.82, 2.24) is 0 Å². The highest BCUT2D eigenvalue weighted by Gasteiger charge is 2.07. The fourth-order valence-corrected chi connectivity index (χ4v) is 1.66. The van der Waals surface area contributed by atoms with Crippen molar-refractivity contribution in [2.75, 3.05) is 6.61 Å². The van der Waals surface area contributed by atoms with Gasteiger partial charge in [0.1, 0.15) is 5.75 Å². The van der Waals surface area contributed by atoms with E-state index in [-0.39, 0.29) is 5.56 Å². The normalized spacial score (nSPS) is 10.1. The zero-order chi connectivity index (χ0) is 14.4. The third-order valence-electron chi connectivity index (χ3n) is 2.64. The van der Waals surface area contributed by atoms with Crippen LogP contribution in [0.25, 0.3) is 0 Å². The van der Waals surface area contributed by atoms with Crippen molar-refractivity contribution in [3.8, 4) is 17.2 Å². The summed E-state index contributed by atoms with van der Waals surface area (Å²) in [5.41, 5.74) is 0.230. The Kier molecular flexibility index (Phi) is 4.60. The van der Waals surface area contributed by atoms with Crippen LogP contribution < -0.4 is 9.47 Å². The van der Waals surface area contributed by atoms with Gasteiger partial charge in [0.05, 0.1) is 12.2 Å². The fraction of sp³-hybridized carbons (Fsp3) is 0.188. The lowest BCUT2D eigenvalue weighted by molar-refractivity contribution is 0.0697. The summed E-state index contributed by atoms with van der Waals surface area (Å²) < 4.78 is 11.3. The van der Waals surface area contributed by atoms with Gasteiger partial charge in [-0.25, -0.2) is 4.79 Å². The summed E-state index contributed by atoms with van der Waals surface area (Å²) >= 11 is 0. The topological polar surface area (TPSA) is 55.8 Å². The Labute approximate surface area is 117 Å². The molecule has 1 N–H and O–H groups in total. The molecule has 2 aromatic rings. The summed E-state index contributed by atoms with van der Waals surface area (Å²) in [4.78, 5) is 10.8. The first kappa shape index (κ1) is 13.9. The molecule has 104 valence electrons. The van der Waals surface area contributed by atoms with Crippen molar-refractivity contribution in [3.05, 3.63) is 54.1 Å².